The lowest BCUT2D eigenvalue weighted by atomic mass is 10.1. The molecule has 112 valence electrons. The predicted octanol–water partition coefficient (Wildman–Crippen LogP) is 3.59. The summed E-state index contributed by atoms with van der Waals surface area (Å²) in [5.74, 6) is -1.11. The number of carbonyl (C=O) groups is 1. The van der Waals surface area contributed by atoms with Crippen LogP contribution in [0.5, 0.6) is 5.75 Å². The van der Waals surface area contributed by atoms with Gasteiger partial charge >= 0.3 is 12.3 Å². The highest BCUT2D eigenvalue weighted by Crippen LogP contribution is 2.31. The largest absolute Gasteiger partial charge is 0.573 e. The van der Waals surface area contributed by atoms with Gasteiger partial charge in [0, 0.05) is 14.5 Å². The molecule has 0 fully saturated rings. The summed E-state index contributed by atoms with van der Waals surface area (Å²) in [5, 5.41) is 0.355. The van der Waals surface area contributed by atoms with Crippen molar-refractivity contribution in [2.24, 2.45) is 0 Å². The van der Waals surface area contributed by atoms with E-state index in [0.717, 1.165) is 6.20 Å². The predicted molar refractivity (Wildman–Crippen MR) is 76.6 cm³/mol. The SMILES string of the molecule is CCOC(=O)Cc1c(OC(F)(F)F)cnc(CBr)c1I. The van der Waals surface area contributed by atoms with Gasteiger partial charge in [-0.25, -0.2) is 0 Å². The number of rotatable bonds is 5. The van der Waals surface area contributed by atoms with Crippen LogP contribution in [0.3, 0.4) is 0 Å². The summed E-state index contributed by atoms with van der Waals surface area (Å²) in [5.41, 5.74) is 0.644. The van der Waals surface area contributed by atoms with Gasteiger partial charge in [0.05, 0.1) is 24.9 Å². The van der Waals surface area contributed by atoms with E-state index in [1.807, 2.05) is 22.6 Å². The van der Waals surface area contributed by atoms with Crippen LogP contribution in [0.25, 0.3) is 0 Å². The molecule has 0 atom stereocenters. The van der Waals surface area contributed by atoms with Crippen LogP contribution in [-0.4, -0.2) is 23.9 Å². The van der Waals surface area contributed by atoms with E-state index in [-0.39, 0.29) is 18.6 Å². The topological polar surface area (TPSA) is 48.4 Å². The van der Waals surface area contributed by atoms with Crippen molar-refractivity contribution in [1.82, 2.24) is 4.98 Å². The first-order chi connectivity index (χ1) is 9.28. The summed E-state index contributed by atoms with van der Waals surface area (Å²) >= 11 is 5.01. The van der Waals surface area contributed by atoms with Gasteiger partial charge in [0.2, 0.25) is 0 Å². The molecule has 1 aromatic heterocycles. The highest BCUT2D eigenvalue weighted by Gasteiger charge is 2.33. The molecule has 0 aliphatic heterocycles. The highest BCUT2D eigenvalue weighted by molar-refractivity contribution is 14.1. The molecule has 0 aromatic carbocycles. The Bertz CT molecular complexity index is 497. The van der Waals surface area contributed by atoms with Crippen molar-refractivity contribution < 1.29 is 27.4 Å². The fourth-order valence-electron chi connectivity index (χ4n) is 1.38. The minimum absolute atomic E-state index is 0.117. The minimum Gasteiger partial charge on any atom is -0.466 e. The molecule has 0 saturated carbocycles. The van der Waals surface area contributed by atoms with Crippen molar-refractivity contribution in [3.05, 3.63) is 21.0 Å². The first-order valence-electron chi connectivity index (χ1n) is 5.42. The first kappa shape index (κ1) is 17.5. The molecule has 0 saturated heterocycles. The van der Waals surface area contributed by atoms with E-state index in [1.54, 1.807) is 6.92 Å². The number of nitrogens with zero attached hydrogens (tertiary/aromatic N) is 1. The third-order valence-electron chi connectivity index (χ3n) is 2.13. The maximum absolute atomic E-state index is 12.3. The van der Waals surface area contributed by atoms with Gasteiger partial charge in [0.25, 0.3) is 0 Å². The Morgan fingerprint density at radius 2 is 2.15 bits per heavy atom. The molecule has 0 bridgehead atoms. The zero-order valence-corrected chi connectivity index (χ0v) is 14.0. The standard InChI is InChI=1S/C11H10BrF3INO3/c1-2-19-9(18)3-6-8(20-11(13,14)15)5-17-7(4-12)10(6)16/h5H,2-4H2,1H3. The van der Waals surface area contributed by atoms with Crippen molar-refractivity contribution in [1.29, 1.82) is 0 Å². The highest BCUT2D eigenvalue weighted by atomic mass is 127. The number of ether oxygens (including phenoxy) is 2. The van der Waals surface area contributed by atoms with Gasteiger partial charge in [-0.1, -0.05) is 15.9 Å². The van der Waals surface area contributed by atoms with Gasteiger partial charge in [-0.05, 0) is 29.5 Å². The summed E-state index contributed by atoms with van der Waals surface area (Å²) in [4.78, 5) is 15.4. The Labute approximate surface area is 135 Å². The smallest absolute Gasteiger partial charge is 0.466 e. The third-order valence-corrected chi connectivity index (χ3v) is 3.94. The first-order valence-corrected chi connectivity index (χ1v) is 7.62. The molecule has 0 amide bonds. The Morgan fingerprint density at radius 3 is 2.65 bits per heavy atom. The quantitative estimate of drug-likeness (QED) is 0.377. The van der Waals surface area contributed by atoms with Crippen LogP contribution in [0.1, 0.15) is 18.2 Å². The molecule has 4 nitrogen and oxygen atoms in total. The fraction of sp³-hybridized carbons (Fsp3) is 0.455. The molecule has 0 aliphatic carbocycles. The second-order valence-electron chi connectivity index (χ2n) is 3.52. The molecule has 1 heterocycles. The van der Waals surface area contributed by atoms with Crippen LogP contribution >= 0.6 is 38.5 Å². The zero-order valence-electron chi connectivity index (χ0n) is 10.3. The summed E-state index contributed by atoms with van der Waals surface area (Å²) in [6, 6.07) is 0. The van der Waals surface area contributed by atoms with Gasteiger partial charge in [-0.2, -0.15) is 0 Å². The summed E-state index contributed by atoms with van der Waals surface area (Å²) < 4.78 is 46.1. The molecule has 0 spiro atoms. The Morgan fingerprint density at radius 1 is 1.50 bits per heavy atom. The molecule has 1 aromatic rings. The Hall–Kier alpha value is -0.580. The van der Waals surface area contributed by atoms with E-state index < -0.39 is 18.1 Å². The van der Waals surface area contributed by atoms with E-state index in [0.29, 0.717) is 14.6 Å². The van der Waals surface area contributed by atoms with E-state index in [2.05, 4.69) is 25.7 Å². The maximum Gasteiger partial charge on any atom is 0.573 e. The number of pyridine rings is 1. The molecule has 0 N–H and O–H groups in total. The Kier molecular flexibility index (Phi) is 6.49. The number of carbonyl (C=O) groups excluding carboxylic acids is 1. The van der Waals surface area contributed by atoms with Gasteiger partial charge in [0.15, 0.2) is 5.75 Å². The second kappa shape index (κ2) is 7.43. The van der Waals surface area contributed by atoms with Crippen molar-refractivity contribution in [2.45, 2.75) is 25.0 Å². The fourth-order valence-corrected chi connectivity index (χ4v) is 3.12. The number of hydrogen-bond donors (Lipinski definition) is 0. The number of halogens is 5. The Balaban J connectivity index is 3.16. The number of aromatic nitrogens is 1. The van der Waals surface area contributed by atoms with Crippen LogP contribution in [0.2, 0.25) is 0 Å². The lowest BCUT2D eigenvalue weighted by molar-refractivity contribution is -0.275. The van der Waals surface area contributed by atoms with Gasteiger partial charge in [0.1, 0.15) is 0 Å². The summed E-state index contributed by atoms with van der Waals surface area (Å²) in [6.07, 6.45) is -4.19. The van der Waals surface area contributed by atoms with Crippen LogP contribution in [0.4, 0.5) is 13.2 Å². The molecule has 0 unspecified atom stereocenters. The van der Waals surface area contributed by atoms with Crippen LogP contribution < -0.4 is 4.74 Å². The number of hydrogen-bond acceptors (Lipinski definition) is 4. The lowest BCUT2D eigenvalue weighted by Gasteiger charge is -2.15. The average molecular weight is 468 g/mol. The molecule has 1 rings (SSSR count). The van der Waals surface area contributed by atoms with Gasteiger partial charge < -0.3 is 9.47 Å². The van der Waals surface area contributed by atoms with Crippen molar-refractivity contribution >= 4 is 44.5 Å². The maximum atomic E-state index is 12.3. The van der Waals surface area contributed by atoms with E-state index in [4.69, 9.17) is 4.74 Å². The average Bonchev–Trinajstić information content (AvgIpc) is 2.32. The number of esters is 1. The number of alkyl halides is 4. The molecule has 0 aliphatic rings. The van der Waals surface area contributed by atoms with Gasteiger partial charge in [-0.15, -0.1) is 13.2 Å². The van der Waals surface area contributed by atoms with Crippen molar-refractivity contribution in [2.75, 3.05) is 6.61 Å². The minimum atomic E-state index is -4.84. The van der Waals surface area contributed by atoms with E-state index in [1.165, 1.54) is 0 Å². The zero-order chi connectivity index (χ0) is 15.3. The molecular formula is C11H10BrF3INO3. The van der Waals surface area contributed by atoms with Gasteiger partial charge in [-0.3, -0.25) is 9.78 Å². The molecule has 0 radical (unpaired) electrons. The summed E-state index contributed by atoms with van der Waals surface area (Å²) in [7, 11) is 0. The third kappa shape index (κ3) is 5.08. The molecule has 9 heteroatoms. The van der Waals surface area contributed by atoms with Crippen molar-refractivity contribution in [3.63, 3.8) is 0 Å². The van der Waals surface area contributed by atoms with E-state index in [9.17, 15) is 18.0 Å². The summed E-state index contributed by atoms with van der Waals surface area (Å²) in [6.45, 7) is 1.77. The molecular weight excluding hydrogens is 458 g/mol. The van der Waals surface area contributed by atoms with Crippen LogP contribution in [0, 0.1) is 3.57 Å². The van der Waals surface area contributed by atoms with Crippen LogP contribution in [-0.2, 0) is 21.3 Å². The second-order valence-corrected chi connectivity index (χ2v) is 5.16. The van der Waals surface area contributed by atoms with Crippen molar-refractivity contribution in [3.8, 4) is 5.75 Å². The monoisotopic (exact) mass is 467 g/mol. The lowest BCUT2D eigenvalue weighted by Crippen LogP contribution is -2.20. The molecule has 20 heavy (non-hydrogen) atoms. The normalized spacial score (nSPS) is 11.3. The van der Waals surface area contributed by atoms with E-state index >= 15 is 0 Å². The van der Waals surface area contributed by atoms with Crippen LogP contribution in [0.15, 0.2) is 6.20 Å².